The lowest BCUT2D eigenvalue weighted by molar-refractivity contribution is -0.674. The number of nitrogens with zero attached hydrogens (tertiary/aromatic N) is 2. The number of nitrogens with one attached hydrogen (secondary N) is 1. The first-order chi connectivity index (χ1) is 14.0. The molecule has 3 N–H and O–H groups in total. The van der Waals surface area contributed by atoms with Gasteiger partial charge in [-0.15, -0.1) is 0 Å². The van der Waals surface area contributed by atoms with Gasteiger partial charge in [-0.25, -0.2) is 4.90 Å². The van der Waals surface area contributed by atoms with E-state index in [1.807, 2.05) is 29.7 Å². The number of rotatable bonds is 6. The van der Waals surface area contributed by atoms with Gasteiger partial charge in [0.25, 0.3) is 11.6 Å². The number of non-ortho nitro benzene ring substituents is 1. The van der Waals surface area contributed by atoms with Crippen molar-refractivity contribution in [2.75, 3.05) is 11.4 Å². The van der Waals surface area contributed by atoms with E-state index in [0.29, 0.717) is 17.8 Å². The molecule has 1 aromatic heterocycles. The summed E-state index contributed by atoms with van der Waals surface area (Å²) in [7, 11) is 0. The van der Waals surface area contributed by atoms with Gasteiger partial charge in [-0.1, -0.05) is 24.3 Å². The molecule has 3 aromatic rings. The van der Waals surface area contributed by atoms with Crippen LogP contribution in [0.15, 0.2) is 48.7 Å². The van der Waals surface area contributed by atoms with Crippen LogP contribution in [0.25, 0.3) is 10.9 Å². The van der Waals surface area contributed by atoms with Crippen molar-refractivity contribution < 1.29 is 19.8 Å². The molecule has 148 valence electrons. The molecule has 8 nitrogen and oxygen atoms in total. The lowest BCUT2D eigenvalue weighted by atomic mass is 10.1. The number of hydrogen-bond donors (Lipinski definition) is 2. The number of imide groups is 1. The molecule has 1 saturated heterocycles. The van der Waals surface area contributed by atoms with Crippen LogP contribution in [0.4, 0.5) is 11.4 Å². The largest absolute Gasteiger partial charge is 0.361 e. The minimum atomic E-state index is -0.529. The molecule has 2 heterocycles. The number of aromatic nitrogens is 1. The molecule has 1 aliphatic heterocycles. The Bertz CT molecular complexity index is 1120. The zero-order valence-corrected chi connectivity index (χ0v) is 15.9. The van der Waals surface area contributed by atoms with Crippen LogP contribution in [-0.2, 0) is 16.0 Å². The van der Waals surface area contributed by atoms with E-state index in [1.165, 1.54) is 17.7 Å². The molecule has 8 heteroatoms. The number of H-pyrrole nitrogens is 1. The summed E-state index contributed by atoms with van der Waals surface area (Å²) in [6, 6.07) is 11.7. The highest BCUT2D eigenvalue weighted by Gasteiger charge is 2.43. The predicted octanol–water partition coefficient (Wildman–Crippen LogP) is 1.82. The maximum atomic E-state index is 12.9. The Hall–Kier alpha value is -3.52. The number of para-hydroxylation sites is 1. The van der Waals surface area contributed by atoms with E-state index in [-0.39, 0.29) is 23.9 Å². The van der Waals surface area contributed by atoms with E-state index >= 15 is 0 Å². The standard InChI is InChI=1S/C21H20N4O4/c1-13-6-7-15(25(28)29)10-19(13)24-20(26)11-18(21(24)27)22-9-8-14-12-23-17-5-3-2-4-16(14)17/h2-7,10,12,18,22-23H,8-9,11H2,1H3/p+1/t18-/m0/s1. The summed E-state index contributed by atoms with van der Waals surface area (Å²) in [5.41, 5.74) is 3.04. The molecule has 0 radical (unpaired) electrons. The molecular formula is C21H21N4O4+. The van der Waals surface area contributed by atoms with Crippen LogP contribution >= 0.6 is 0 Å². The maximum absolute atomic E-state index is 12.9. The summed E-state index contributed by atoms with van der Waals surface area (Å²) in [5, 5.41) is 14.1. The number of benzene rings is 2. The third kappa shape index (κ3) is 3.50. The molecule has 0 bridgehead atoms. The fraction of sp³-hybridized carbons (Fsp3) is 0.238. The van der Waals surface area contributed by atoms with Gasteiger partial charge in [-0.3, -0.25) is 19.7 Å². The summed E-state index contributed by atoms with van der Waals surface area (Å²) < 4.78 is 0. The zero-order chi connectivity index (χ0) is 20.5. The van der Waals surface area contributed by atoms with E-state index < -0.39 is 11.0 Å². The number of aryl methyl sites for hydroxylation is 1. The zero-order valence-electron chi connectivity index (χ0n) is 15.9. The second-order valence-corrected chi connectivity index (χ2v) is 7.24. The molecule has 2 aromatic carbocycles. The van der Waals surface area contributed by atoms with Crippen molar-refractivity contribution in [3.63, 3.8) is 0 Å². The smallest absolute Gasteiger partial charge is 0.292 e. The number of aromatic amines is 1. The van der Waals surface area contributed by atoms with Gasteiger partial charge in [0.2, 0.25) is 5.91 Å². The van der Waals surface area contributed by atoms with Gasteiger partial charge in [0, 0.05) is 35.7 Å². The van der Waals surface area contributed by atoms with Gasteiger partial charge < -0.3 is 10.3 Å². The second kappa shape index (κ2) is 7.48. The Morgan fingerprint density at radius 2 is 2.03 bits per heavy atom. The van der Waals surface area contributed by atoms with Crippen LogP contribution in [0.5, 0.6) is 0 Å². The summed E-state index contributed by atoms with van der Waals surface area (Å²) in [4.78, 5) is 40.2. The van der Waals surface area contributed by atoms with Crippen LogP contribution in [0.2, 0.25) is 0 Å². The minimum Gasteiger partial charge on any atom is -0.361 e. The maximum Gasteiger partial charge on any atom is 0.292 e. The molecule has 4 rings (SSSR count). The van der Waals surface area contributed by atoms with Crippen LogP contribution in [0.1, 0.15) is 17.5 Å². The monoisotopic (exact) mass is 393 g/mol. The third-order valence-corrected chi connectivity index (χ3v) is 5.37. The lowest BCUT2D eigenvalue weighted by Crippen LogP contribution is -2.92. The molecule has 2 amide bonds. The first kappa shape index (κ1) is 18.8. The molecular weight excluding hydrogens is 372 g/mol. The minimum absolute atomic E-state index is 0.0921. The van der Waals surface area contributed by atoms with E-state index in [0.717, 1.165) is 22.2 Å². The van der Waals surface area contributed by atoms with Gasteiger partial charge >= 0.3 is 0 Å². The lowest BCUT2D eigenvalue weighted by Gasteiger charge is -2.16. The number of anilines is 1. The van der Waals surface area contributed by atoms with Gasteiger partial charge in [0.05, 0.1) is 23.6 Å². The van der Waals surface area contributed by atoms with Crippen LogP contribution in [-0.4, -0.2) is 34.3 Å². The fourth-order valence-corrected chi connectivity index (χ4v) is 3.82. The number of quaternary nitrogens is 1. The molecule has 0 saturated carbocycles. The molecule has 0 aliphatic carbocycles. The normalized spacial score (nSPS) is 16.7. The number of nitro groups is 1. The van der Waals surface area contributed by atoms with E-state index in [1.54, 1.807) is 13.0 Å². The first-order valence-electron chi connectivity index (χ1n) is 9.46. The molecule has 1 fully saturated rings. The van der Waals surface area contributed by atoms with Crippen LogP contribution < -0.4 is 10.2 Å². The van der Waals surface area contributed by atoms with E-state index in [4.69, 9.17) is 0 Å². The van der Waals surface area contributed by atoms with E-state index in [9.17, 15) is 19.7 Å². The van der Waals surface area contributed by atoms with Gasteiger partial charge in [-0.2, -0.15) is 0 Å². The second-order valence-electron chi connectivity index (χ2n) is 7.24. The molecule has 1 aliphatic rings. The predicted molar refractivity (Wildman–Crippen MR) is 108 cm³/mol. The number of carbonyl (C=O) groups excluding carboxylic acids is 2. The highest BCUT2D eigenvalue weighted by atomic mass is 16.6. The topological polar surface area (TPSA) is 113 Å². The number of fused-ring (bicyclic) bond motifs is 1. The van der Waals surface area contributed by atoms with Gasteiger partial charge in [-0.05, 0) is 24.1 Å². The molecule has 29 heavy (non-hydrogen) atoms. The number of hydrogen-bond acceptors (Lipinski definition) is 4. The van der Waals surface area contributed by atoms with Crippen molar-refractivity contribution in [3.8, 4) is 0 Å². The number of nitro benzene ring substituents is 1. The summed E-state index contributed by atoms with van der Waals surface area (Å²) in [6.07, 6.45) is 2.82. The number of carbonyl (C=O) groups is 2. The average molecular weight is 393 g/mol. The third-order valence-electron chi connectivity index (χ3n) is 5.37. The van der Waals surface area contributed by atoms with Crippen molar-refractivity contribution in [1.29, 1.82) is 0 Å². The van der Waals surface area contributed by atoms with Crippen molar-refractivity contribution in [3.05, 3.63) is 69.9 Å². The Labute approximate surface area is 166 Å². The summed E-state index contributed by atoms with van der Waals surface area (Å²) in [5.74, 6) is -0.649. The average Bonchev–Trinajstić information content (AvgIpc) is 3.23. The quantitative estimate of drug-likeness (QED) is 0.378. The van der Waals surface area contributed by atoms with Crippen LogP contribution in [0.3, 0.4) is 0 Å². The number of amides is 2. The van der Waals surface area contributed by atoms with Gasteiger partial charge in [0.1, 0.15) is 0 Å². The number of nitrogens with two attached hydrogens (primary N) is 1. The van der Waals surface area contributed by atoms with Crippen molar-refractivity contribution in [2.24, 2.45) is 0 Å². The first-order valence-corrected chi connectivity index (χ1v) is 9.46. The molecule has 0 unspecified atom stereocenters. The Kier molecular flexibility index (Phi) is 4.85. The van der Waals surface area contributed by atoms with E-state index in [2.05, 4.69) is 11.1 Å². The fourth-order valence-electron chi connectivity index (χ4n) is 3.82. The highest BCUT2D eigenvalue weighted by Crippen LogP contribution is 2.29. The highest BCUT2D eigenvalue weighted by molar-refractivity contribution is 6.22. The van der Waals surface area contributed by atoms with Crippen LogP contribution in [0, 0.1) is 17.0 Å². The Morgan fingerprint density at radius 3 is 2.83 bits per heavy atom. The van der Waals surface area contributed by atoms with Crippen molar-refractivity contribution in [2.45, 2.75) is 25.8 Å². The summed E-state index contributed by atoms with van der Waals surface area (Å²) >= 11 is 0. The van der Waals surface area contributed by atoms with Crippen molar-refractivity contribution >= 4 is 34.1 Å². The van der Waals surface area contributed by atoms with Crippen molar-refractivity contribution in [1.82, 2.24) is 4.98 Å². The SMILES string of the molecule is Cc1ccc([N+](=O)[O-])cc1N1C(=O)C[C@H]([NH2+]CCc2c[nH]c3ccccc23)C1=O. The summed E-state index contributed by atoms with van der Waals surface area (Å²) in [6.45, 7) is 2.39. The molecule has 1 atom stereocenters. The Morgan fingerprint density at radius 1 is 1.24 bits per heavy atom. The Balaban J connectivity index is 1.46. The van der Waals surface area contributed by atoms with Gasteiger partial charge in [0.15, 0.2) is 6.04 Å². The molecule has 0 spiro atoms.